The second-order valence-electron chi connectivity index (χ2n) is 3.35. The van der Waals surface area contributed by atoms with Crippen molar-refractivity contribution in [3.05, 3.63) is 35.1 Å². The minimum atomic E-state index is -0.222. The molecule has 1 aromatic rings. The Morgan fingerprint density at radius 2 is 2.21 bits per heavy atom. The van der Waals surface area contributed by atoms with Gasteiger partial charge in [-0.05, 0) is 18.6 Å². The number of benzene rings is 1. The molecule has 0 bridgehead atoms. The predicted octanol–water partition coefficient (Wildman–Crippen LogP) is 2.17. The summed E-state index contributed by atoms with van der Waals surface area (Å²) in [5.41, 5.74) is 7.35. The lowest BCUT2D eigenvalue weighted by Gasteiger charge is -2.28. The molecule has 1 aliphatic heterocycles. The van der Waals surface area contributed by atoms with Crippen molar-refractivity contribution >= 4 is 12.4 Å². The highest BCUT2D eigenvalue weighted by Gasteiger charge is 2.25. The van der Waals surface area contributed by atoms with Crippen molar-refractivity contribution in [2.24, 2.45) is 5.73 Å². The van der Waals surface area contributed by atoms with Crippen LogP contribution in [0, 0.1) is 5.82 Å². The van der Waals surface area contributed by atoms with Gasteiger partial charge in [0, 0.05) is 5.56 Å². The fourth-order valence-electron chi connectivity index (χ4n) is 1.61. The Morgan fingerprint density at radius 1 is 1.50 bits per heavy atom. The largest absolute Gasteiger partial charge is 0.372 e. The predicted molar refractivity (Wildman–Crippen MR) is 54.8 cm³/mol. The lowest BCUT2D eigenvalue weighted by Crippen LogP contribution is -2.31. The summed E-state index contributed by atoms with van der Waals surface area (Å²) in [5.74, 6) is -0.222. The van der Waals surface area contributed by atoms with Gasteiger partial charge in [0.2, 0.25) is 0 Å². The summed E-state index contributed by atoms with van der Waals surface area (Å²) in [4.78, 5) is 0. The zero-order chi connectivity index (χ0) is 9.42. The van der Waals surface area contributed by atoms with E-state index in [1.165, 1.54) is 6.07 Å². The van der Waals surface area contributed by atoms with Gasteiger partial charge in [-0.2, -0.15) is 0 Å². The highest BCUT2D eigenvalue weighted by molar-refractivity contribution is 5.85. The van der Waals surface area contributed by atoms with E-state index >= 15 is 0 Å². The average molecular weight is 218 g/mol. The fraction of sp³-hybridized carbons (Fsp3) is 0.400. The Kier molecular flexibility index (Phi) is 3.48. The van der Waals surface area contributed by atoms with E-state index in [-0.39, 0.29) is 30.4 Å². The van der Waals surface area contributed by atoms with Crippen molar-refractivity contribution < 1.29 is 9.13 Å². The van der Waals surface area contributed by atoms with Crippen LogP contribution in [0.5, 0.6) is 0 Å². The molecule has 1 aliphatic rings. The van der Waals surface area contributed by atoms with E-state index < -0.39 is 0 Å². The van der Waals surface area contributed by atoms with Gasteiger partial charge in [0.25, 0.3) is 0 Å². The van der Waals surface area contributed by atoms with Crippen LogP contribution in [-0.2, 0) is 11.3 Å². The molecule has 0 fully saturated rings. The maximum absolute atomic E-state index is 13.2. The standard InChI is InChI=1S/C10H12FNO.ClH/c1-6-10(12)7-3-2-4-9(11)8(7)5-13-6;/h2-4,6,10H,5,12H2,1H3;1H/t6-,10-;/m1./s1. The first-order valence-corrected chi connectivity index (χ1v) is 4.34. The molecular weight excluding hydrogens is 205 g/mol. The maximum Gasteiger partial charge on any atom is 0.129 e. The van der Waals surface area contributed by atoms with Gasteiger partial charge >= 0.3 is 0 Å². The summed E-state index contributed by atoms with van der Waals surface area (Å²) in [6.45, 7) is 2.23. The van der Waals surface area contributed by atoms with Crippen LogP contribution in [-0.4, -0.2) is 6.10 Å². The number of rotatable bonds is 0. The number of hydrogen-bond donors (Lipinski definition) is 1. The molecule has 1 aromatic carbocycles. The molecule has 14 heavy (non-hydrogen) atoms. The quantitative estimate of drug-likeness (QED) is 0.723. The molecule has 4 heteroatoms. The maximum atomic E-state index is 13.2. The topological polar surface area (TPSA) is 35.2 Å². The molecule has 2 nitrogen and oxygen atoms in total. The van der Waals surface area contributed by atoms with Gasteiger partial charge in [-0.1, -0.05) is 12.1 Å². The Morgan fingerprint density at radius 3 is 2.93 bits per heavy atom. The molecule has 0 aromatic heterocycles. The Hall–Kier alpha value is -0.640. The van der Waals surface area contributed by atoms with E-state index in [4.69, 9.17) is 10.5 Å². The van der Waals surface area contributed by atoms with Crippen LogP contribution in [0.3, 0.4) is 0 Å². The van der Waals surface area contributed by atoms with Crippen molar-refractivity contribution in [2.45, 2.75) is 25.7 Å². The molecule has 0 spiro atoms. The van der Waals surface area contributed by atoms with Gasteiger partial charge < -0.3 is 10.5 Å². The van der Waals surface area contributed by atoms with Crippen molar-refractivity contribution in [1.29, 1.82) is 0 Å². The summed E-state index contributed by atoms with van der Waals surface area (Å²) in [6.07, 6.45) is -0.0331. The van der Waals surface area contributed by atoms with Crippen LogP contribution in [0.1, 0.15) is 24.1 Å². The van der Waals surface area contributed by atoms with E-state index in [9.17, 15) is 4.39 Å². The van der Waals surface area contributed by atoms with Gasteiger partial charge in [-0.25, -0.2) is 4.39 Å². The first kappa shape index (κ1) is 11.4. The first-order valence-electron chi connectivity index (χ1n) is 4.34. The molecule has 0 amide bonds. The van der Waals surface area contributed by atoms with Crippen LogP contribution in [0.25, 0.3) is 0 Å². The van der Waals surface area contributed by atoms with Crippen LogP contribution in [0.2, 0.25) is 0 Å². The zero-order valence-corrected chi connectivity index (χ0v) is 8.68. The number of fused-ring (bicyclic) bond motifs is 1. The van der Waals surface area contributed by atoms with Crippen LogP contribution < -0.4 is 5.73 Å². The molecule has 2 rings (SSSR count). The highest BCUT2D eigenvalue weighted by Crippen LogP contribution is 2.28. The molecule has 2 atom stereocenters. The van der Waals surface area contributed by atoms with E-state index in [1.807, 2.05) is 13.0 Å². The Bertz CT molecular complexity index is 332. The molecule has 0 saturated carbocycles. The number of hydrogen-bond acceptors (Lipinski definition) is 2. The van der Waals surface area contributed by atoms with Gasteiger partial charge in [0.05, 0.1) is 18.8 Å². The fourth-order valence-corrected chi connectivity index (χ4v) is 1.61. The third-order valence-corrected chi connectivity index (χ3v) is 2.51. The molecule has 2 N–H and O–H groups in total. The van der Waals surface area contributed by atoms with Gasteiger partial charge in [0.15, 0.2) is 0 Å². The lowest BCUT2D eigenvalue weighted by atomic mass is 9.95. The van der Waals surface area contributed by atoms with Crippen molar-refractivity contribution in [3.8, 4) is 0 Å². The second-order valence-corrected chi connectivity index (χ2v) is 3.35. The van der Waals surface area contributed by atoms with Gasteiger partial charge in [-0.3, -0.25) is 0 Å². The molecule has 78 valence electrons. The Labute approximate surface area is 88.7 Å². The summed E-state index contributed by atoms with van der Waals surface area (Å²) >= 11 is 0. The second kappa shape index (κ2) is 4.26. The summed E-state index contributed by atoms with van der Waals surface area (Å²) < 4.78 is 18.6. The summed E-state index contributed by atoms with van der Waals surface area (Å²) in [6, 6.07) is 4.78. The van der Waals surface area contributed by atoms with Crippen molar-refractivity contribution in [2.75, 3.05) is 0 Å². The SMILES string of the molecule is C[C@H]1OCc2c(F)cccc2[C@@H]1N.Cl. The molecule has 1 heterocycles. The molecule has 0 saturated heterocycles. The van der Waals surface area contributed by atoms with Crippen LogP contribution >= 0.6 is 12.4 Å². The molecular formula is C10H13ClFNO. The van der Waals surface area contributed by atoms with Gasteiger partial charge in [-0.15, -0.1) is 12.4 Å². The monoisotopic (exact) mass is 217 g/mol. The third-order valence-electron chi connectivity index (χ3n) is 2.51. The van der Waals surface area contributed by atoms with E-state index in [1.54, 1.807) is 6.07 Å². The minimum absolute atomic E-state index is 0. The van der Waals surface area contributed by atoms with Crippen LogP contribution in [0.4, 0.5) is 4.39 Å². The first-order chi connectivity index (χ1) is 6.20. The summed E-state index contributed by atoms with van der Waals surface area (Å²) in [7, 11) is 0. The summed E-state index contributed by atoms with van der Waals surface area (Å²) in [5, 5.41) is 0. The normalized spacial score (nSPS) is 25.1. The number of halogens is 2. The van der Waals surface area contributed by atoms with E-state index in [2.05, 4.69) is 0 Å². The van der Waals surface area contributed by atoms with Crippen molar-refractivity contribution in [1.82, 2.24) is 0 Å². The van der Waals surface area contributed by atoms with E-state index in [0.29, 0.717) is 12.2 Å². The zero-order valence-electron chi connectivity index (χ0n) is 7.87. The molecule has 0 aliphatic carbocycles. The number of nitrogens with two attached hydrogens (primary N) is 1. The average Bonchev–Trinajstić information content (AvgIpc) is 2.12. The van der Waals surface area contributed by atoms with Crippen LogP contribution in [0.15, 0.2) is 18.2 Å². The lowest BCUT2D eigenvalue weighted by molar-refractivity contribution is 0.0194. The van der Waals surface area contributed by atoms with E-state index in [0.717, 1.165) is 5.56 Å². The number of ether oxygens (including phenoxy) is 1. The van der Waals surface area contributed by atoms with Gasteiger partial charge in [0.1, 0.15) is 5.82 Å². The minimum Gasteiger partial charge on any atom is -0.372 e. The van der Waals surface area contributed by atoms with Crippen molar-refractivity contribution in [3.63, 3.8) is 0 Å². The Balaban J connectivity index is 0.000000980. The highest BCUT2D eigenvalue weighted by atomic mass is 35.5. The third kappa shape index (κ3) is 1.75. The molecule has 0 radical (unpaired) electrons. The molecule has 0 unspecified atom stereocenters. The smallest absolute Gasteiger partial charge is 0.129 e.